The second kappa shape index (κ2) is 11.5. The van der Waals surface area contributed by atoms with Crippen LogP contribution in [0.4, 0.5) is 0 Å². The van der Waals surface area contributed by atoms with Crippen LogP contribution >= 0.6 is 0 Å². The first-order valence-electron chi connectivity index (χ1n) is 10.2. The lowest BCUT2D eigenvalue weighted by molar-refractivity contribution is 0.261. The first-order valence-corrected chi connectivity index (χ1v) is 10.2. The van der Waals surface area contributed by atoms with Gasteiger partial charge in [0.2, 0.25) is 0 Å². The normalized spacial score (nSPS) is 10.8. The van der Waals surface area contributed by atoms with Crippen molar-refractivity contribution in [2.45, 2.75) is 27.1 Å². The summed E-state index contributed by atoms with van der Waals surface area (Å²) in [5.74, 6) is 2.57. The number of rotatable bonds is 11. The lowest BCUT2D eigenvalue weighted by Gasteiger charge is -2.15. The van der Waals surface area contributed by atoms with E-state index in [4.69, 9.17) is 24.2 Å². The molecule has 0 fully saturated rings. The maximum Gasteiger partial charge on any atom is 0.161 e. The van der Waals surface area contributed by atoms with Gasteiger partial charge in [0.1, 0.15) is 13.2 Å². The van der Waals surface area contributed by atoms with Crippen molar-refractivity contribution in [3.8, 4) is 23.0 Å². The van der Waals surface area contributed by atoms with E-state index in [2.05, 4.69) is 5.16 Å². The van der Waals surface area contributed by atoms with E-state index in [9.17, 15) is 0 Å². The SMILES string of the molecule is CCOc1cc(/C=N/O)ccc1OCc1ccc(OCc2ccccc2)c(OCC)c1. The molecule has 0 aromatic heterocycles. The Kier molecular flexibility index (Phi) is 8.17. The summed E-state index contributed by atoms with van der Waals surface area (Å²) in [5.41, 5.74) is 2.76. The van der Waals surface area contributed by atoms with Crippen LogP contribution in [0.2, 0.25) is 0 Å². The fraction of sp³-hybridized carbons (Fsp3) is 0.240. The second-order valence-electron chi connectivity index (χ2n) is 6.66. The van der Waals surface area contributed by atoms with Crippen LogP contribution in [-0.2, 0) is 13.2 Å². The summed E-state index contributed by atoms with van der Waals surface area (Å²) in [4.78, 5) is 0. The van der Waals surface area contributed by atoms with Crippen molar-refractivity contribution in [1.82, 2.24) is 0 Å². The monoisotopic (exact) mass is 421 g/mol. The van der Waals surface area contributed by atoms with E-state index in [1.807, 2.05) is 62.4 Å². The average Bonchev–Trinajstić information content (AvgIpc) is 2.79. The summed E-state index contributed by atoms with van der Waals surface area (Å²) >= 11 is 0. The predicted octanol–water partition coefficient (Wildman–Crippen LogP) is 5.45. The highest BCUT2D eigenvalue weighted by molar-refractivity contribution is 5.80. The Balaban J connectivity index is 1.71. The van der Waals surface area contributed by atoms with E-state index in [1.165, 1.54) is 6.21 Å². The van der Waals surface area contributed by atoms with E-state index >= 15 is 0 Å². The highest BCUT2D eigenvalue weighted by atomic mass is 16.5. The Bertz CT molecular complexity index is 988. The molecule has 0 heterocycles. The third-order valence-corrected chi connectivity index (χ3v) is 4.41. The van der Waals surface area contributed by atoms with Gasteiger partial charge >= 0.3 is 0 Å². The summed E-state index contributed by atoms with van der Waals surface area (Å²) in [5, 5.41) is 11.8. The van der Waals surface area contributed by atoms with Crippen LogP contribution in [-0.4, -0.2) is 24.6 Å². The molecule has 0 aliphatic rings. The number of hydrogen-bond acceptors (Lipinski definition) is 6. The zero-order valence-corrected chi connectivity index (χ0v) is 17.8. The van der Waals surface area contributed by atoms with E-state index < -0.39 is 0 Å². The van der Waals surface area contributed by atoms with Gasteiger partial charge in [0, 0.05) is 5.56 Å². The van der Waals surface area contributed by atoms with Crippen LogP contribution < -0.4 is 18.9 Å². The molecule has 0 atom stereocenters. The molecule has 0 saturated carbocycles. The van der Waals surface area contributed by atoms with Crippen LogP contribution in [0.1, 0.15) is 30.5 Å². The number of ether oxygens (including phenoxy) is 4. The highest BCUT2D eigenvalue weighted by Gasteiger charge is 2.10. The quantitative estimate of drug-likeness (QED) is 0.253. The molecule has 0 unspecified atom stereocenters. The van der Waals surface area contributed by atoms with Gasteiger partial charge in [-0.05, 0) is 55.3 Å². The molecule has 0 bridgehead atoms. The Labute approximate surface area is 182 Å². The van der Waals surface area contributed by atoms with Gasteiger partial charge in [-0.3, -0.25) is 0 Å². The molecule has 3 rings (SSSR count). The van der Waals surface area contributed by atoms with Gasteiger partial charge in [-0.2, -0.15) is 0 Å². The van der Waals surface area contributed by atoms with Gasteiger partial charge in [-0.25, -0.2) is 0 Å². The molecular weight excluding hydrogens is 394 g/mol. The van der Waals surface area contributed by atoms with Gasteiger partial charge in [0.15, 0.2) is 23.0 Å². The minimum absolute atomic E-state index is 0.340. The molecule has 3 aromatic carbocycles. The molecule has 31 heavy (non-hydrogen) atoms. The Hall–Kier alpha value is -3.67. The number of hydrogen-bond donors (Lipinski definition) is 1. The largest absolute Gasteiger partial charge is 0.490 e. The van der Waals surface area contributed by atoms with Crippen LogP contribution in [0.5, 0.6) is 23.0 Å². The number of oxime groups is 1. The van der Waals surface area contributed by atoms with Gasteiger partial charge < -0.3 is 24.2 Å². The van der Waals surface area contributed by atoms with Crippen molar-refractivity contribution in [2.24, 2.45) is 5.16 Å². The zero-order chi connectivity index (χ0) is 21.9. The van der Waals surface area contributed by atoms with Crippen LogP contribution in [0.15, 0.2) is 71.9 Å². The second-order valence-corrected chi connectivity index (χ2v) is 6.66. The molecule has 0 spiro atoms. The van der Waals surface area contributed by atoms with Crippen molar-refractivity contribution in [3.05, 3.63) is 83.4 Å². The molecule has 0 aliphatic carbocycles. The van der Waals surface area contributed by atoms with E-state index in [0.717, 1.165) is 16.7 Å². The van der Waals surface area contributed by atoms with Crippen LogP contribution in [0.25, 0.3) is 0 Å². The van der Waals surface area contributed by atoms with Crippen molar-refractivity contribution < 1.29 is 24.2 Å². The van der Waals surface area contributed by atoms with Crippen molar-refractivity contribution in [2.75, 3.05) is 13.2 Å². The van der Waals surface area contributed by atoms with Crippen LogP contribution in [0, 0.1) is 0 Å². The molecule has 6 nitrogen and oxygen atoms in total. The minimum atomic E-state index is 0.340. The van der Waals surface area contributed by atoms with Crippen molar-refractivity contribution in [3.63, 3.8) is 0 Å². The minimum Gasteiger partial charge on any atom is -0.490 e. The average molecular weight is 421 g/mol. The van der Waals surface area contributed by atoms with Gasteiger partial charge in [-0.1, -0.05) is 41.6 Å². The summed E-state index contributed by atoms with van der Waals surface area (Å²) in [7, 11) is 0. The summed E-state index contributed by atoms with van der Waals surface area (Å²) in [6.45, 7) is 5.69. The molecule has 1 N–H and O–H groups in total. The first-order chi connectivity index (χ1) is 15.2. The highest BCUT2D eigenvalue weighted by Crippen LogP contribution is 2.32. The third kappa shape index (κ3) is 6.40. The molecule has 0 radical (unpaired) electrons. The van der Waals surface area contributed by atoms with Gasteiger partial charge in [-0.15, -0.1) is 0 Å². The van der Waals surface area contributed by atoms with E-state index in [-0.39, 0.29) is 0 Å². The Morgan fingerprint density at radius 1 is 0.677 bits per heavy atom. The first kappa shape index (κ1) is 22.0. The molecular formula is C25H27NO5. The fourth-order valence-corrected chi connectivity index (χ4v) is 2.99. The van der Waals surface area contributed by atoms with Gasteiger partial charge in [0.05, 0.1) is 19.4 Å². The molecule has 3 aromatic rings. The smallest absolute Gasteiger partial charge is 0.161 e. The molecule has 162 valence electrons. The molecule has 0 saturated heterocycles. The van der Waals surface area contributed by atoms with Crippen molar-refractivity contribution >= 4 is 6.21 Å². The predicted molar refractivity (Wildman–Crippen MR) is 120 cm³/mol. The Morgan fingerprint density at radius 2 is 1.29 bits per heavy atom. The third-order valence-electron chi connectivity index (χ3n) is 4.41. The topological polar surface area (TPSA) is 69.5 Å². The Morgan fingerprint density at radius 3 is 1.94 bits per heavy atom. The zero-order valence-electron chi connectivity index (χ0n) is 17.8. The van der Waals surface area contributed by atoms with Crippen molar-refractivity contribution in [1.29, 1.82) is 0 Å². The maximum atomic E-state index is 8.73. The number of benzene rings is 3. The molecule has 6 heteroatoms. The number of nitrogens with zero attached hydrogens (tertiary/aromatic N) is 1. The maximum absolute atomic E-state index is 8.73. The fourth-order valence-electron chi connectivity index (χ4n) is 2.99. The lowest BCUT2D eigenvalue weighted by atomic mass is 10.2. The van der Waals surface area contributed by atoms with Gasteiger partial charge in [0.25, 0.3) is 0 Å². The summed E-state index contributed by atoms with van der Waals surface area (Å²) in [6, 6.07) is 21.1. The summed E-state index contributed by atoms with van der Waals surface area (Å²) in [6.07, 6.45) is 1.34. The molecule has 0 aliphatic heterocycles. The molecule has 0 amide bonds. The van der Waals surface area contributed by atoms with E-state index in [1.54, 1.807) is 18.2 Å². The standard InChI is InChI=1S/C25H27NO5/c1-3-28-24-14-20(16-26-27)10-12-22(24)31-18-21-11-13-23(25(15-21)29-4-2)30-17-19-8-6-5-7-9-19/h5-16,27H,3-4,17-18H2,1-2H3/b26-16+. The lowest BCUT2D eigenvalue weighted by Crippen LogP contribution is -2.03. The summed E-state index contributed by atoms with van der Waals surface area (Å²) < 4.78 is 23.4. The van der Waals surface area contributed by atoms with Crippen LogP contribution in [0.3, 0.4) is 0 Å². The van der Waals surface area contributed by atoms with E-state index in [0.29, 0.717) is 49.4 Å².